The topological polar surface area (TPSA) is 0 Å². The fraction of sp³-hybridized carbons (Fsp3) is 0.0909. The number of aryl methyl sites for hydroxylation is 1. The van der Waals surface area contributed by atoms with Gasteiger partial charge in [-0.05, 0) is 52.8 Å². The smallest absolute Gasteiger partial charge is 0.194 e. The van der Waals surface area contributed by atoms with E-state index >= 15 is 0 Å². The van der Waals surface area contributed by atoms with Gasteiger partial charge in [0.2, 0.25) is 0 Å². The van der Waals surface area contributed by atoms with Gasteiger partial charge < -0.3 is 0 Å². The van der Waals surface area contributed by atoms with E-state index in [2.05, 4.69) is 18.7 Å². The van der Waals surface area contributed by atoms with Crippen LogP contribution in [-0.4, -0.2) is 0 Å². The highest BCUT2D eigenvalue weighted by molar-refractivity contribution is 5.70. The summed E-state index contributed by atoms with van der Waals surface area (Å²) in [5, 5.41) is 0. The molecule has 0 fully saturated rings. The number of rotatable bonds is 5. The van der Waals surface area contributed by atoms with Gasteiger partial charge in [0, 0.05) is 0 Å². The Balaban J connectivity index is 1.84. The van der Waals surface area contributed by atoms with Crippen LogP contribution in [0.2, 0.25) is 0 Å². The summed E-state index contributed by atoms with van der Waals surface area (Å²) in [5.41, 5.74) is 4.25. The summed E-state index contributed by atoms with van der Waals surface area (Å²) in [5.74, 6) is -3.82. The van der Waals surface area contributed by atoms with E-state index in [9.17, 15) is 13.2 Å². The van der Waals surface area contributed by atoms with Crippen LogP contribution in [0.1, 0.15) is 12.0 Å². The highest BCUT2D eigenvalue weighted by Crippen LogP contribution is 2.27. The molecule has 0 aliphatic heterocycles. The molecule has 0 saturated carbocycles. The molecular formula is C22H17F3. The first kappa shape index (κ1) is 17.0. The van der Waals surface area contributed by atoms with E-state index in [0.29, 0.717) is 11.1 Å². The molecule has 0 nitrogen and oxygen atoms in total. The second-order valence-corrected chi connectivity index (χ2v) is 5.86. The second-order valence-electron chi connectivity index (χ2n) is 5.86. The van der Waals surface area contributed by atoms with E-state index in [4.69, 9.17) is 0 Å². The van der Waals surface area contributed by atoms with Crippen molar-refractivity contribution in [3.8, 4) is 22.3 Å². The van der Waals surface area contributed by atoms with Crippen molar-refractivity contribution in [2.24, 2.45) is 0 Å². The molecular weight excluding hydrogens is 321 g/mol. The molecule has 3 heteroatoms. The van der Waals surface area contributed by atoms with Crippen molar-refractivity contribution in [1.29, 1.82) is 0 Å². The largest absolute Gasteiger partial charge is 0.204 e. The standard InChI is InChI=1S/C22H17F3/c1-2-3-4-15-5-7-16(8-6-15)17-9-11-18(12-10-17)19-13-20(23)22(25)21(24)14-19/h2,5-14H,1,3-4H2. The molecule has 0 saturated heterocycles. The maximum atomic E-state index is 13.4. The van der Waals surface area contributed by atoms with E-state index < -0.39 is 17.5 Å². The van der Waals surface area contributed by atoms with Crippen LogP contribution in [0.25, 0.3) is 22.3 Å². The van der Waals surface area contributed by atoms with Crippen LogP contribution < -0.4 is 0 Å². The van der Waals surface area contributed by atoms with E-state index in [1.54, 1.807) is 12.1 Å². The molecule has 126 valence electrons. The van der Waals surface area contributed by atoms with Crippen LogP contribution in [0.5, 0.6) is 0 Å². The van der Waals surface area contributed by atoms with Crippen molar-refractivity contribution in [2.75, 3.05) is 0 Å². The summed E-state index contributed by atoms with van der Waals surface area (Å²) in [4.78, 5) is 0. The SMILES string of the molecule is C=CCCc1ccc(-c2ccc(-c3cc(F)c(F)c(F)c3)cc2)cc1. The van der Waals surface area contributed by atoms with E-state index in [-0.39, 0.29) is 0 Å². The monoisotopic (exact) mass is 338 g/mol. The molecule has 0 aromatic heterocycles. The number of halogens is 3. The Kier molecular flexibility index (Phi) is 5.03. The molecule has 0 atom stereocenters. The molecule has 3 aromatic carbocycles. The van der Waals surface area contributed by atoms with Gasteiger partial charge in [-0.1, -0.05) is 54.6 Å². The normalized spacial score (nSPS) is 10.7. The summed E-state index contributed by atoms with van der Waals surface area (Å²) in [6, 6.07) is 17.6. The minimum atomic E-state index is -1.45. The Bertz CT molecular complexity index is 855. The van der Waals surface area contributed by atoms with Gasteiger partial charge in [-0.25, -0.2) is 13.2 Å². The predicted octanol–water partition coefficient (Wildman–Crippen LogP) is 6.56. The quantitative estimate of drug-likeness (QED) is 0.365. The lowest BCUT2D eigenvalue weighted by Gasteiger charge is -2.07. The molecule has 0 radical (unpaired) electrons. The molecule has 0 unspecified atom stereocenters. The van der Waals surface area contributed by atoms with Gasteiger partial charge in [0.15, 0.2) is 17.5 Å². The molecule has 0 amide bonds. The highest BCUT2D eigenvalue weighted by Gasteiger charge is 2.11. The van der Waals surface area contributed by atoms with E-state index in [0.717, 1.165) is 36.1 Å². The minimum absolute atomic E-state index is 0.308. The van der Waals surface area contributed by atoms with Crippen molar-refractivity contribution in [2.45, 2.75) is 12.8 Å². The molecule has 0 heterocycles. The molecule has 3 rings (SSSR count). The van der Waals surface area contributed by atoms with Gasteiger partial charge in [-0.15, -0.1) is 6.58 Å². The van der Waals surface area contributed by atoms with Crippen molar-refractivity contribution in [1.82, 2.24) is 0 Å². The predicted molar refractivity (Wildman–Crippen MR) is 95.7 cm³/mol. The third kappa shape index (κ3) is 3.82. The van der Waals surface area contributed by atoms with Gasteiger partial charge in [-0.2, -0.15) is 0 Å². The zero-order valence-electron chi connectivity index (χ0n) is 13.6. The lowest BCUT2D eigenvalue weighted by Crippen LogP contribution is -1.91. The van der Waals surface area contributed by atoms with Crippen molar-refractivity contribution in [3.63, 3.8) is 0 Å². The van der Waals surface area contributed by atoms with E-state index in [1.165, 1.54) is 5.56 Å². The molecule has 0 N–H and O–H groups in total. The van der Waals surface area contributed by atoms with E-state index in [1.807, 2.05) is 30.3 Å². The first-order valence-corrected chi connectivity index (χ1v) is 8.03. The van der Waals surface area contributed by atoms with Gasteiger partial charge in [0.05, 0.1) is 0 Å². The molecule has 0 bridgehead atoms. The lowest BCUT2D eigenvalue weighted by molar-refractivity contribution is 0.448. The Labute approximate surface area is 145 Å². The van der Waals surface area contributed by atoms with Crippen LogP contribution in [-0.2, 0) is 6.42 Å². The molecule has 0 spiro atoms. The third-order valence-electron chi connectivity index (χ3n) is 4.13. The van der Waals surface area contributed by atoms with Gasteiger partial charge in [-0.3, -0.25) is 0 Å². The molecule has 0 aliphatic carbocycles. The number of hydrogen-bond acceptors (Lipinski definition) is 0. The maximum absolute atomic E-state index is 13.4. The number of hydrogen-bond donors (Lipinski definition) is 0. The maximum Gasteiger partial charge on any atom is 0.194 e. The minimum Gasteiger partial charge on any atom is -0.204 e. The zero-order chi connectivity index (χ0) is 17.8. The summed E-state index contributed by atoms with van der Waals surface area (Å²) >= 11 is 0. The number of benzene rings is 3. The third-order valence-corrected chi connectivity index (χ3v) is 4.13. The Morgan fingerprint density at radius 1 is 0.680 bits per heavy atom. The fourth-order valence-electron chi connectivity index (χ4n) is 2.71. The summed E-state index contributed by atoms with van der Waals surface area (Å²) in [7, 11) is 0. The van der Waals surface area contributed by atoms with Crippen LogP contribution >= 0.6 is 0 Å². The second kappa shape index (κ2) is 7.39. The Morgan fingerprint density at radius 2 is 1.12 bits per heavy atom. The number of allylic oxidation sites excluding steroid dienone is 1. The summed E-state index contributed by atoms with van der Waals surface area (Å²) < 4.78 is 39.8. The van der Waals surface area contributed by atoms with Crippen molar-refractivity contribution in [3.05, 3.63) is 96.3 Å². The van der Waals surface area contributed by atoms with Crippen LogP contribution in [0.15, 0.2) is 73.3 Å². The first-order valence-electron chi connectivity index (χ1n) is 8.03. The average molecular weight is 338 g/mol. The summed E-state index contributed by atoms with van der Waals surface area (Å²) in [6.07, 6.45) is 3.80. The average Bonchev–Trinajstić information content (AvgIpc) is 2.64. The summed E-state index contributed by atoms with van der Waals surface area (Å²) in [6.45, 7) is 3.72. The highest BCUT2D eigenvalue weighted by atomic mass is 19.2. The van der Waals surface area contributed by atoms with Gasteiger partial charge >= 0.3 is 0 Å². The van der Waals surface area contributed by atoms with Crippen molar-refractivity contribution < 1.29 is 13.2 Å². The Morgan fingerprint density at radius 3 is 1.60 bits per heavy atom. The van der Waals surface area contributed by atoms with Crippen molar-refractivity contribution >= 4 is 0 Å². The molecule has 3 aromatic rings. The zero-order valence-corrected chi connectivity index (χ0v) is 13.6. The van der Waals surface area contributed by atoms with Gasteiger partial charge in [0.1, 0.15) is 0 Å². The van der Waals surface area contributed by atoms with Gasteiger partial charge in [0.25, 0.3) is 0 Å². The fourth-order valence-corrected chi connectivity index (χ4v) is 2.71. The molecule has 25 heavy (non-hydrogen) atoms. The first-order chi connectivity index (χ1) is 12.1. The lowest BCUT2D eigenvalue weighted by atomic mass is 9.99. The van der Waals surface area contributed by atoms with Crippen LogP contribution in [0.4, 0.5) is 13.2 Å². The Hall–Kier alpha value is -2.81. The molecule has 0 aliphatic rings. The van der Waals surface area contributed by atoms with Crippen LogP contribution in [0.3, 0.4) is 0 Å². The van der Waals surface area contributed by atoms with Crippen LogP contribution in [0, 0.1) is 17.5 Å².